The third kappa shape index (κ3) is 2.02. The van der Waals surface area contributed by atoms with Gasteiger partial charge in [0.2, 0.25) is 6.10 Å². The summed E-state index contributed by atoms with van der Waals surface area (Å²) in [6.45, 7) is 1.87. The van der Waals surface area contributed by atoms with Crippen LogP contribution in [0.3, 0.4) is 0 Å². The lowest BCUT2D eigenvalue weighted by Gasteiger charge is -2.29. The number of fused-ring (bicyclic) bond motifs is 1. The van der Waals surface area contributed by atoms with E-state index in [0.29, 0.717) is 11.3 Å². The fourth-order valence-corrected chi connectivity index (χ4v) is 1.68. The van der Waals surface area contributed by atoms with Crippen molar-refractivity contribution in [2.24, 2.45) is 0 Å². The number of anilines is 1. The molecule has 0 saturated heterocycles. The van der Waals surface area contributed by atoms with E-state index in [1.165, 1.54) is 7.11 Å². The molecule has 2 unspecified atom stereocenters. The summed E-state index contributed by atoms with van der Waals surface area (Å²) in [5, 5.41) is 12.1. The minimum absolute atomic E-state index is 0.0866. The third-order valence-electron chi connectivity index (χ3n) is 2.62. The van der Waals surface area contributed by atoms with E-state index in [-0.39, 0.29) is 6.04 Å². The third-order valence-corrected chi connectivity index (χ3v) is 2.62. The molecule has 0 aliphatic carbocycles. The Hall–Kier alpha value is -2.22. The van der Waals surface area contributed by atoms with E-state index >= 15 is 0 Å². The molecule has 0 saturated carbocycles. The van der Waals surface area contributed by atoms with Crippen molar-refractivity contribution >= 4 is 11.7 Å². The number of carbonyl (C=O) groups excluding carboxylic acids is 1. The van der Waals surface area contributed by atoms with Crippen LogP contribution in [0.25, 0.3) is 0 Å². The number of rotatable bonds is 1. The Bertz CT molecular complexity index is 493. The van der Waals surface area contributed by atoms with Gasteiger partial charge >= 0.3 is 5.97 Å². The van der Waals surface area contributed by atoms with Crippen LogP contribution >= 0.6 is 0 Å². The van der Waals surface area contributed by atoms with Crippen molar-refractivity contribution in [1.29, 1.82) is 5.26 Å². The molecule has 1 aliphatic heterocycles. The number of esters is 1. The predicted molar refractivity (Wildman–Crippen MR) is 60.9 cm³/mol. The Kier molecular flexibility index (Phi) is 2.88. The number of nitriles is 1. The molecule has 2 rings (SSSR count). The van der Waals surface area contributed by atoms with E-state index in [4.69, 9.17) is 10.00 Å². The van der Waals surface area contributed by atoms with Crippen LogP contribution in [0.4, 0.5) is 5.69 Å². The molecule has 0 spiro atoms. The van der Waals surface area contributed by atoms with Gasteiger partial charge in [0.1, 0.15) is 11.8 Å². The van der Waals surface area contributed by atoms with Gasteiger partial charge in [0, 0.05) is 0 Å². The highest BCUT2D eigenvalue weighted by Crippen LogP contribution is 2.32. The van der Waals surface area contributed by atoms with Gasteiger partial charge in [-0.1, -0.05) is 0 Å². The molecule has 1 heterocycles. The van der Waals surface area contributed by atoms with Crippen molar-refractivity contribution in [3.8, 4) is 11.8 Å². The Balaban J connectivity index is 2.34. The molecule has 1 N–H and O–H groups in total. The van der Waals surface area contributed by atoms with Gasteiger partial charge in [-0.15, -0.1) is 0 Å². The summed E-state index contributed by atoms with van der Waals surface area (Å²) in [7, 11) is 1.32. The molecule has 0 aromatic heterocycles. The highest BCUT2D eigenvalue weighted by Gasteiger charge is 2.26. The van der Waals surface area contributed by atoms with Crippen LogP contribution in [0.5, 0.6) is 5.75 Å². The van der Waals surface area contributed by atoms with Crippen molar-refractivity contribution in [3.63, 3.8) is 0 Å². The molecular formula is C12H12N2O3. The van der Waals surface area contributed by atoms with Gasteiger partial charge in [0.15, 0.2) is 0 Å². The molecule has 88 valence electrons. The van der Waals surface area contributed by atoms with Crippen LogP contribution in [-0.2, 0) is 4.74 Å². The van der Waals surface area contributed by atoms with E-state index in [9.17, 15) is 4.79 Å². The highest BCUT2D eigenvalue weighted by atomic mass is 16.5. The van der Waals surface area contributed by atoms with Crippen LogP contribution in [0.15, 0.2) is 18.2 Å². The van der Waals surface area contributed by atoms with Gasteiger partial charge < -0.3 is 14.8 Å². The van der Waals surface area contributed by atoms with Gasteiger partial charge in [-0.2, -0.15) is 5.26 Å². The first-order valence-corrected chi connectivity index (χ1v) is 5.21. The lowest BCUT2D eigenvalue weighted by molar-refractivity contribution is 0.0600. The number of nitrogens with one attached hydrogen (secondary N) is 1. The Morgan fingerprint density at radius 3 is 3.00 bits per heavy atom. The molecular weight excluding hydrogens is 220 g/mol. The number of methoxy groups -OCH3 is 1. The maximum atomic E-state index is 11.4. The normalized spacial score (nSPS) is 21.5. The van der Waals surface area contributed by atoms with Gasteiger partial charge in [-0.25, -0.2) is 4.79 Å². The second kappa shape index (κ2) is 4.34. The topological polar surface area (TPSA) is 71.3 Å². The van der Waals surface area contributed by atoms with Crippen molar-refractivity contribution in [2.45, 2.75) is 19.1 Å². The van der Waals surface area contributed by atoms with E-state index in [2.05, 4.69) is 16.1 Å². The van der Waals surface area contributed by atoms with Gasteiger partial charge in [-0.3, -0.25) is 0 Å². The van der Waals surface area contributed by atoms with Crippen molar-refractivity contribution in [2.75, 3.05) is 12.4 Å². The summed E-state index contributed by atoms with van der Waals surface area (Å²) in [5.41, 5.74) is 1.18. The molecule has 0 bridgehead atoms. The van der Waals surface area contributed by atoms with E-state index in [0.717, 1.165) is 5.69 Å². The largest absolute Gasteiger partial charge is 0.471 e. The molecule has 0 amide bonds. The van der Waals surface area contributed by atoms with Gasteiger partial charge in [-0.05, 0) is 25.1 Å². The Labute approximate surface area is 98.9 Å². The van der Waals surface area contributed by atoms with E-state index in [1.54, 1.807) is 18.2 Å². The molecule has 5 heteroatoms. The zero-order chi connectivity index (χ0) is 12.4. The lowest BCUT2D eigenvalue weighted by atomic mass is 10.1. The van der Waals surface area contributed by atoms with Crippen LogP contribution < -0.4 is 10.1 Å². The molecule has 1 aromatic rings. The zero-order valence-electron chi connectivity index (χ0n) is 9.56. The van der Waals surface area contributed by atoms with Gasteiger partial charge in [0.05, 0.1) is 24.4 Å². The maximum Gasteiger partial charge on any atom is 0.337 e. The fraction of sp³-hybridized carbons (Fsp3) is 0.333. The average Bonchev–Trinajstić information content (AvgIpc) is 2.36. The Morgan fingerprint density at radius 2 is 2.35 bits per heavy atom. The Morgan fingerprint density at radius 1 is 1.59 bits per heavy atom. The summed E-state index contributed by atoms with van der Waals surface area (Å²) in [5.74, 6) is 0.0704. The highest BCUT2D eigenvalue weighted by molar-refractivity contribution is 5.90. The van der Waals surface area contributed by atoms with Crippen LogP contribution in [-0.4, -0.2) is 25.2 Å². The maximum absolute atomic E-state index is 11.4. The van der Waals surface area contributed by atoms with Crippen LogP contribution in [0.2, 0.25) is 0 Å². The summed E-state index contributed by atoms with van der Waals surface area (Å²) in [6, 6.07) is 6.94. The van der Waals surface area contributed by atoms with Crippen molar-refractivity contribution in [3.05, 3.63) is 23.8 Å². The fourth-order valence-electron chi connectivity index (χ4n) is 1.68. The molecule has 2 atom stereocenters. The number of carbonyl (C=O) groups is 1. The van der Waals surface area contributed by atoms with Crippen molar-refractivity contribution < 1.29 is 14.3 Å². The second-order valence-corrected chi connectivity index (χ2v) is 3.80. The molecule has 0 radical (unpaired) electrons. The summed E-state index contributed by atoms with van der Waals surface area (Å²) < 4.78 is 10.1. The molecule has 1 aliphatic rings. The summed E-state index contributed by atoms with van der Waals surface area (Å²) in [4.78, 5) is 11.4. The first-order valence-electron chi connectivity index (χ1n) is 5.21. The van der Waals surface area contributed by atoms with Gasteiger partial charge in [0.25, 0.3) is 0 Å². The number of ether oxygens (including phenoxy) is 2. The lowest BCUT2D eigenvalue weighted by Crippen LogP contribution is -2.38. The molecule has 0 fully saturated rings. The van der Waals surface area contributed by atoms with Crippen molar-refractivity contribution in [1.82, 2.24) is 0 Å². The second-order valence-electron chi connectivity index (χ2n) is 3.80. The molecule has 17 heavy (non-hydrogen) atoms. The number of benzene rings is 1. The number of hydrogen-bond acceptors (Lipinski definition) is 5. The first-order chi connectivity index (χ1) is 8.15. The van der Waals surface area contributed by atoms with E-state index < -0.39 is 12.1 Å². The number of hydrogen-bond donors (Lipinski definition) is 1. The zero-order valence-corrected chi connectivity index (χ0v) is 9.56. The van der Waals surface area contributed by atoms with Crippen LogP contribution in [0, 0.1) is 11.3 Å². The van der Waals surface area contributed by atoms with Crippen LogP contribution in [0.1, 0.15) is 17.3 Å². The predicted octanol–water partition coefficient (Wildman–Crippen LogP) is 1.56. The monoisotopic (exact) mass is 232 g/mol. The minimum Gasteiger partial charge on any atom is -0.471 e. The van der Waals surface area contributed by atoms with E-state index in [1.807, 2.05) is 6.92 Å². The number of nitrogens with zero attached hydrogens (tertiary/aromatic N) is 1. The summed E-state index contributed by atoms with van der Waals surface area (Å²) >= 11 is 0. The first kappa shape index (κ1) is 11.3. The average molecular weight is 232 g/mol. The molecule has 1 aromatic carbocycles. The smallest absolute Gasteiger partial charge is 0.337 e. The minimum atomic E-state index is -0.560. The molecule has 5 nitrogen and oxygen atoms in total. The quantitative estimate of drug-likeness (QED) is 0.744. The SMILES string of the molecule is COC(=O)c1ccc2c(c1)OC(C#N)C(C)N2. The standard InChI is InChI=1S/C12H12N2O3/c1-7-11(6-13)17-10-5-8(12(15)16-2)3-4-9(10)14-7/h3-5,7,11,14H,1-2H3. The summed E-state index contributed by atoms with van der Waals surface area (Å²) in [6.07, 6.45) is -0.560.